The lowest BCUT2D eigenvalue weighted by Gasteiger charge is -2.20. The van der Waals surface area contributed by atoms with Crippen molar-refractivity contribution in [3.8, 4) is 11.5 Å². The maximum atomic E-state index is 14.0. The predicted octanol–water partition coefficient (Wildman–Crippen LogP) is 3.72. The van der Waals surface area contributed by atoms with E-state index in [1.807, 2.05) is 6.07 Å². The Bertz CT molecular complexity index is 826. The molecule has 3 aromatic rings. The van der Waals surface area contributed by atoms with Gasteiger partial charge in [-0.3, -0.25) is 0 Å². The maximum Gasteiger partial charge on any atom is 0.174 e. The van der Waals surface area contributed by atoms with E-state index in [-0.39, 0.29) is 11.4 Å². The number of nitrogens with two attached hydrogens (primary N) is 2. The van der Waals surface area contributed by atoms with E-state index < -0.39 is 29.1 Å². The highest BCUT2D eigenvalue weighted by Gasteiger charge is 2.22. The second-order valence-corrected chi connectivity index (χ2v) is 5.72. The SMILES string of the molecule is Nc1cc(C(c2ccccc2)c2cc(N)c(O)c(F)c2)cc(F)c1O. The van der Waals surface area contributed by atoms with Crippen LogP contribution in [-0.2, 0) is 0 Å². The Labute approximate surface area is 143 Å². The van der Waals surface area contributed by atoms with Crippen molar-refractivity contribution < 1.29 is 19.0 Å². The van der Waals surface area contributed by atoms with E-state index in [4.69, 9.17) is 11.5 Å². The molecular weight excluding hydrogens is 326 g/mol. The first-order valence-corrected chi connectivity index (χ1v) is 7.49. The number of halogens is 2. The van der Waals surface area contributed by atoms with E-state index in [9.17, 15) is 19.0 Å². The van der Waals surface area contributed by atoms with Crippen LogP contribution in [-0.4, -0.2) is 10.2 Å². The smallest absolute Gasteiger partial charge is 0.174 e. The summed E-state index contributed by atoms with van der Waals surface area (Å²) >= 11 is 0. The molecule has 6 heteroatoms. The molecule has 0 fully saturated rings. The van der Waals surface area contributed by atoms with Gasteiger partial charge < -0.3 is 21.7 Å². The van der Waals surface area contributed by atoms with Crippen LogP contribution in [0.2, 0.25) is 0 Å². The van der Waals surface area contributed by atoms with Crippen molar-refractivity contribution in [3.05, 3.63) is 82.9 Å². The van der Waals surface area contributed by atoms with Crippen molar-refractivity contribution in [2.24, 2.45) is 0 Å². The molecule has 0 unspecified atom stereocenters. The Morgan fingerprint density at radius 1 is 0.680 bits per heavy atom. The molecule has 0 spiro atoms. The number of hydrogen-bond donors (Lipinski definition) is 4. The third kappa shape index (κ3) is 3.06. The molecule has 3 aromatic carbocycles. The van der Waals surface area contributed by atoms with Crippen molar-refractivity contribution >= 4 is 11.4 Å². The molecule has 0 saturated carbocycles. The van der Waals surface area contributed by atoms with Gasteiger partial charge in [-0.25, -0.2) is 8.78 Å². The van der Waals surface area contributed by atoms with Crippen LogP contribution in [0.1, 0.15) is 22.6 Å². The molecule has 6 N–H and O–H groups in total. The molecule has 0 aliphatic heterocycles. The third-order valence-electron chi connectivity index (χ3n) is 4.03. The minimum Gasteiger partial charge on any atom is -0.503 e. The van der Waals surface area contributed by atoms with Crippen LogP contribution in [0.3, 0.4) is 0 Å². The minimum atomic E-state index is -0.872. The Kier molecular flexibility index (Phi) is 4.19. The van der Waals surface area contributed by atoms with Crippen molar-refractivity contribution in [3.63, 3.8) is 0 Å². The molecule has 0 aliphatic rings. The normalized spacial score (nSPS) is 11.0. The molecule has 0 aromatic heterocycles. The number of hydrogen-bond acceptors (Lipinski definition) is 4. The number of benzene rings is 3. The molecule has 0 radical (unpaired) electrons. The first kappa shape index (κ1) is 16.6. The lowest BCUT2D eigenvalue weighted by Crippen LogP contribution is -2.06. The molecular formula is C19H16F2N2O2. The molecule has 0 aliphatic carbocycles. The summed E-state index contributed by atoms with van der Waals surface area (Å²) in [6.45, 7) is 0. The summed E-state index contributed by atoms with van der Waals surface area (Å²) in [5.41, 5.74) is 12.7. The van der Waals surface area contributed by atoms with E-state index in [1.54, 1.807) is 24.3 Å². The summed E-state index contributed by atoms with van der Waals surface area (Å²) in [4.78, 5) is 0. The number of phenols is 2. The van der Waals surface area contributed by atoms with Gasteiger partial charge in [-0.15, -0.1) is 0 Å². The Morgan fingerprint density at radius 2 is 1.12 bits per heavy atom. The molecule has 128 valence electrons. The number of nitrogen functional groups attached to an aromatic ring is 2. The van der Waals surface area contributed by atoms with Crippen LogP contribution in [0, 0.1) is 11.6 Å². The highest BCUT2D eigenvalue weighted by molar-refractivity contribution is 5.60. The zero-order chi connectivity index (χ0) is 18.1. The summed E-state index contributed by atoms with van der Waals surface area (Å²) in [5, 5.41) is 19.1. The summed E-state index contributed by atoms with van der Waals surface area (Å²) in [7, 11) is 0. The lowest BCUT2D eigenvalue weighted by molar-refractivity contribution is 0.433. The topological polar surface area (TPSA) is 92.5 Å². The highest BCUT2D eigenvalue weighted by atomic mass is 19.1. The third-order valence-corrected chi connectivity index (χ3v) is 4.03. The van der Waals surface area contributed by atoms with Gasteiger partial charge in [-0.05, 0) is 41.0 Å². The summed E-state index contributed by atoms with van der Waals surface area (Å²) < 4.78 is 28.0. The number of rotatable bonds is 3. The zero-order valence-corrected chi connectivity index (χ0v) is 13.1. The first-order valence-electron chi connectivity index (χ1n) is 7.49. The molecule has 0 saturated heterocycles. The van der Waals surface area contributed by atoms with E-state index in [0.717, 1.165) is 17.7 Å². The van der Waals surface area contributed by atoms with Crippen LogP contribution in [0.15, 0.2) is 54.6 Å². The van der Waals surface area contributed by atoms with Crippen molar-refractivity contribution in [1.29, 1.82) is 0 Å². The lowest BCUT2D eigenvalue weighted by atomic mass is 9.84. The van der Waals surface area contributed by atoms with Crippen LogP contribution >= 0.6 is 0 Å². The van der Waals surface area contributed by atoms with Gasteiger partial charge in [0, 0.05) is 5.92 Å². The predicted molar refractivity (Wildman–Crippen MR) is 92.3 cm³/mol. The average molecular weight is 342 g/mol. The largest absolute Gasteiger partial charge is 0.503 e. The fraction of sp³-hybridized carbons (Fsp3) is 0.0526. The first-order chi connectivity index (χ1) is 11.9. The van der Waals surface area contributed by atoms with Gasteiger partial charge in [0.1, 0.15) is 0 Å². The van der Waals surface area contributed by atoms with E-state index in [1.165, 1.54) is 12.1 Å². The highest BCUT2D eigenvalue weighted by Crippen LogP contribution is 2.38. The van der Waals surface area contributed by atoms with Gasteiger partial charge >= 0.3 is 0 Å². The molecule has 0 heterocycles. The van der Waals surface area contributed by atoms with Gasteiger partial charge in [0.05, 0.1) is 11.4 Å². The number of phenolic OH excluding ortho intramolecular Hbond substituents is 2. The van der Waals surface area contributed by atoms with Crippen molar-refractivity contribution in [2.45, 2.75) is 5.92 Å². The number of aromatic hydroxyl groups is 2. The summed E-state index contributed by atoms with van der Waals surface area (Å²) in [6.07, 6.45) is 0. The molecule has 0 amide bonds. The molecule has 3 rings (SSSR count). The van der Waals surface area contributed by atoms with E-state index in [0.29, 0.717) is 11.1 Å². The second-order valence-electron chi connectivity index (χ2n) is 5.72. The fourth-order valence-electron chi connectivity index (χ4n) is 2.84. The van der Waals surface area contributed by atoms with Gasteiger partial charge in [-0.2, -0.15) is 0 Å². The van der Waals surface area contributed by atoms with Crippen LogP contribution in [0.4, 0.5) is 20.2 Å². The average Bonchev–Trinajstić information content (AvgIpc) is 2.58. The Hall–Kier alpha value is -3.28. The van der Waals surface area contributed by atoms with Crippen LogP contribution in [0.25, 0.3) is 0 Å². The van der Waals surface area contributed by atoms with Crippen molar-refractivity contribution in [2.75, 3.05) is 11.5 Å². The molecule has 4 nitrogen and oxygen atoms in total. The second kappa shape index (κ2) is 6.32. The Morgan fingerprint density at radius 3 is 1.52 bits per heavy atom. The molecule has 0 bridgehead atoms. The Balaban J connectivity index is 2.25. The van der Waals surface area contributed by atoms with Gasteiger partial charge in [0.2, 0.25) is 0 Å². The fourth-order valence-corrected chi connectivity index (χ4v) is 2.84. The number of anilines is 2. The zero-order valence-electron chi connectivity index (χ0n) is 13.1. The van der Waals surface area contributed by atoms with Gasteiger partial charge in [-0.1, -0.05) is 30.3 Å². The summed E-state index contributed by atoms with van der Waals surface area (Å²) in [5.74, 6) is -3.60. The standard InChI is InChI=1S/C19H16F2N2O2/c20-13-6-11(8-15(22)18(13)24)17(10-4-2-1-3-5-10)12-7-14(21)19(25)16(23)9-12/h1-9,17,24-25H,22-23H2. The minimum absolute atomic E-state index is 0.122. The molecule has 0 atom stereocenters. The van der Waals surface area contributed by atoms with E-state index >= 15 is 0 Å². The maximum absolute atomic E-state index is 14.0. The van der Waals surface area contributed by atoms with E-state index in [2.05, 4.69) is 0 Å². The van der Waals surface area contributed by atoms with Gasteiger partial charge in [0.25, 0.3) is 0 Å². The summed E-state index contributed by atoms with van der Waals surface area (Å²) in [6, 6.07) is 14.1. The monoisotopic (exact) mass is 342 g/mol. The van der Waals surface area contributed by atoms with Crippen LogP contribution < -0.4 is 11.5 Å². The van der Waals surface area contributed by atoms with Crippen molar-refractivity contribution in [1.82, 2.24) is 0 Å². The van der Waals surface area contributed by atoms with Crippen LogP contribution in [0.5, 0.6) is 11.5 Å². The molecule has 25 heavy (non-hydrogen) atoms. The van der Waals surface area contributed by atoms with Gasteiger partial charge in [0.15, 0.2) is 23.1 Å². The quantitative estimate of drug-likeness (QED) is 0.332.